The van der Waals surface area contributed by atoms with Gasteiger partial charge in [-0.3, -0.25) is 10.1 Å². The highest BCUT2D eigenvalue weighted by Crippen LogP contribution is 2.38. The zero-order chi connectivity index (χ0) is 12.0. The van der Waals surface area contributed by atoms with Crippen LogP contribution in [-0.4, -0.2) is 38.9 Å². The Morgan fingerprint density at radius 3 is 2.81 bits per heavy atom. The Morgan fingerprint density at radius 2 is 2.25 bits per heavy atom. The summed E-state index contributed by atoms with van der Waals surface area (Å²) >= 11 is 0. The van der Waals surface area contributed by atoms with Crippen molar-refractivity contribution in [3.63, 3.8) is 0 Å². The van der Waals surface area contributed by atoms with Gasteiger partial charge in [-0.05, 0) is 18.8 Å². The molecular formula is C12H23NO3. The number of nitrogens with one attached hydrogen (secondary N) is 1. The van der Waals surface area contributed by atoms with Crippen molar-refractivity contribution in [1.82, 2.24) is 5.32 Å². The van der Waals surface area contributed by atoms with E-state index < -0.39 is 5.54 Å². The number of rotatable bonds is 6. The van der Waals surface area contributed by atoms with Crippen LogP contribution < -0.4 is 5.32 Å². The van der Waals surface area contributed by atoms with Crippen molar-refractivity contribution in [3.8, 4) is 0 Å². The van der Waals surface area contributed by atoms with Gasteiger partial charge in [-0.2, -0.15) is 0 Å². The Bertz CT molecular complexity index is 232. The van der Waals surface area contributed by atoms with Crippen LogP contribution in [0.4, 0.5) is 0 Å². The van der Waals surface area contributed by atoms with Crippen molar-refractivity contribution < 1.29 is 14.3 Å². The minimum Gasteiger partial charge on any atom is -0.468 e. The number of methoxy groups -OCH3 is 2. The van der Waals surface area contributed by atoms with E-state index >= 15 is 0 Å². The summed E-state index contributed by atoms with van der Waals surface area (Å²) in [7, 11) is 3.13. The summed E-state index contributed by atoms with van der Waals surface area (Å²) < 4.78 is 9.97. The lowest BCUT2D eigenvalue weighted by Crippen LogP contribution is -2.56. The summed E-state index contributed by atoms with van der Waals surface area (Å²) in [5.74, 6) is 0.268. The molecule has 1 aliphatic rings. The molecule has 2 atom stereocenters. The third kappa shape index (κ3) is 2.55. The van der Waals surface area contributed by atoms with Gasteiger partial charge in [0.15, 0.2) is 0 Å². The van der Waals surface area contributed by atoms with Gasteiger partial charge < -0.3 is 9.47 Å². The average molecular weight is 229 g/mol. The largest absolute Gasteiger partial charge is 0.468 e. The fourth-order valence-electron chi connectivity index (χ4n) is 2.76. The number of hydrogen-bond donors (Lipinski definition) is 1. The predicted octanol–water partition coefficient (Wildman–Crippen LogP) is 1.34. The second kappa shape index (κ2) is 6.21. The van der Waals surface area contributed by atoms with Crippen LogP contribution in [0, 0.1) is 5.92 Å². The number of esters is 1. The summed E-state index contributed by atoms with van der Waals surface area (Å²) in [5, 5.41) is 3.35. The average Bonchev–Trinajstić information content (AvgIpc) is 2.72. The lowest BCUT2D eigenvalue weighted by atomic mass is 9.85. The zero-order valence-electron chi connectivity index (χ0n) is 10.5. The summed E-state index contributed by atoms with van der Waals surface area (Å²) in [6, 6.07) is 0. The molecule has 1 rings (SSSR count). The quantitative estimate of drug-likeness (QED) is 0.551. The molecule has 1 saturated carbocycles. The lowest BCUT2D eigenvalue weighted by Gasteiger charge is -2.33. The van der Waals surface area contributed by atoms with E-state index in [-0.39, 0.29) is 5.97 Å². The van der Waals surface area contributed by atoms with Gasteiger partial charge >= 0.3 is 5.97 Å². The molecule has 0 radical (unpaired) electrons. The van der Waals surface area contributed by atoms with Gasteiger partial charge in [0.05, 0.1) is 13.7 Å². The molecule has 4 nitrogen and oxygen atoms in total. The Kier molecular flexibility index (Phi) is 5.22. The SMILES string of the molecule is CCC1CCCC1(NCCOC)C(=O)OC. The number of carbonyl (C=O) groups excluding carboxylic acids is 1. The van der Waals surface area contributed by atoms with E-state index in [0.29, 0.717) is 19.1 Å². The van der Waals surface area contributed by atoms with Gasteiger partial charge in [-0.25, -0.2) is 0 Å². The molecule has 0 aromatic heterocycles. The van der Waals surface area contributed by atoms with Gasteiger partial charge in [-0.15, -0.1) is 0 Å². The van der Waals surface area contributed by atoms with Gasteiger partial charge in [0, 0.05) is 13.7 Å². The number of hydrogen-bond acceptors (Lipinski definition) is 4. The molecule has 0 amide bonds. The van der Waals surface area contributed by atoms with E-state index in [1.165, 1.54) is 7.11 Å². The van der Waals surface area contributed by atoms with E-state index in [2.05, 4.69) is 12.2 Å². The lowest BCUT2D eigenvalue weighted by molar-refractivity contribution is -0.150. The molecular weight excluding hydrogens is 206 g/mol. The zero-order valence-corrected chi connectivity index (χ0v) is 10.5. The van der Waals surface area contributed by atoms with Crippen LogP contribution in [0.1, 0.15) is 32.6 Å². The molecule has 0 heterocycles. The first-order chi connectivity index (χ1) is 7.71. The highest BCUT2D eigenvalue weighted by Gasteiger charge is 2.48. The van der Waals surface area contributed by atoms with Crippen LogP contribution >= 0.6 is 0 Å². The molecule has 0 saturated heterocycles. The Balaban J connectivity index is 2.71. The third-order valence-electron chi connectivity index (χ3n) is 3.61. The summed E-state index contributed by atoms with van der Waals surface area (Å²) in [6.45, 7) is 3.45. The van der Waals surface area contributed by atoms with Gasteiger partial charge in [0.2, 0.25) is 0 Å². The van der Waals surface area contributed by atoms with Gasteiger partial charge in [0.1, 0.15) is 5.54 Å². The van der Waals surface area contributed by atoms with Gasteiger partial charge in [0.25, 0.3) is 0 Å². The molecule has 4 heteroatoms. The van der Waals surface area contributed by atoms with Crippen LogP contribution in [0.15, 0.2) is 0 Å². The molecule has 1 aliphatic carbocycles. The van der Waals surface area contributed by atoms with Crippen LogP contribution in [0.5, 0.6) is 0 Å². The highest BCUT2D eigenvalue weighted by molar-refractivity contribution is 5.81. The monoisotopic (exact) mass is 229 g/mol. The second-order valence-electron chi connectivity index (χ2n) is 4.38. The maximum atomic E-state index is 12.0. The number of carbonyl (C=O) groups is 1. The molecule has 94 valence electrons. The van der Waals surface area contributed by atoms with E-state index in [1.54, 1.807) is 7.11 Å². The smallest absolute Gasteiger partial charge is 0.326 e. The van der Waals surface area contributed by atoms with Crippen molar-refractivity contribution in [3.05, 3.63) is 0 Å². The first-order valence-electron chi connectivity index (χ1n) is 6.03. The molecule has 1 fully saturated rings. The standard InChI is InChI=1S/C12H23NO3/c1-4-10-6-5-7-12(10,11(14)16-3)13-8-9-15-2/h10,13H,4-9H2,1-3H3. The van der Waals surface area contributed by atoms with Crippen molar-refractivity contribution in [2.45, 2.75) is 38.1 Å². The van der Waals surface area contributed by atoms with E-state index in [9.17, 15) is 4.79 Å². The fraction of sp³-hybridized carbons (Fsp3) is 0.917. The maximum absolute atomic E-state index is 12.0. The van der Waals surface area contributed by atoms with E-state index in [4.69, 9.17) is 9.47 Å². The molecule has 2 unspecified atom stereocenters. The number of ether oxygens (including phenoxy) is 2. The van der Waals surface area contributed by atoms with Crippen molar-refractivity contribution >= 4 is 5.97 Å². The van der Waals surface area contributed by atoms with Crippen LogP contribution in [-0.2, 0) is 14.3 Å². The van der Waals surface area contributed by atoms with Crippen LogP contribution in [0.2, 0.25) is 0 Å². The normalized spacial score (nSPS) is 29.3. The molecule has 0 bridgehead atoms. The summed E-state index contributed by atoms with van der Waals surface area (Å²) in [5.41, 5.74) is -0.470. The molecule has 0 aromatic carbocycles. The molecule has 0 spiro atoms. The molecule has 0 aromatic rings. The summed E-state index contributed by atoms with van der Waals surface area (Å²) in [4.78, 5) is 12.0. The Morgan fingerprint density at radius 1 is 1.50 bits per heavy atom. The highest BCUT2D eigenvalue weighted by atomic mass is 16.5. The fourth-order valence-corrected chi connectivity index (χ4v) is 2.76. The first kappa shape index (κ1) is 13.5. The first-order valence-corrected chi connectivity index (χ1v) is 6.03. The third-order valence-corrected chi connectivity index (χ3v) is 3.61. The Labute approximate surface area is 97.7 Å². The maximum Gasteiger partial charge on any atom is 0.326 e. The van der Waals surface area contributed by atoms with Crippen molar-refractivity contribution in [2.24, 2.45) is 5.92 Å². The van der Waals surface area contributed by atoms with Crippen LogP contribution in [0.3, 0.4) is 0 Å². The van der Waals surface area contributed by atoms with E-state index in [0.717, 1.165) is 25.7 Å². The van der Waals surface area contributed by atoms with Crippen molar-refractivity contribution in [1.29, 1.82) is 0 Å². The van der Waals surface area contributed by atoms with Crippen LogP contribution in [0.25, 0.3) is 0 Å². The topological polar surface area (TPSA) is 47.6 Å². The molecule has 16 heavy (non-hydrogen) atoms. The van der Waals surface area contributed by atoms with Crippen molar-refractivity contribution in [2.75, 3.05) is 27.4 Å². The molecule has 1 N–H and O–H groups in total. The predicted molar refractivity (Wildman–Crippen MR) is 62.3 cm³/mol. The summed E-state index contributed by atoms with van der Waals surface area (Å²) in [6.07, 6.45) is 4.08. The minimum atomic E-state index is -0.470. The molecule has 0 aliphatic heterocycles. The van der Waals surface area contributed by atoms with Gasteiger partial charge in [-0.1, -0.05) is 19.8 Å². The second-order valence-corrected chi connectivity index (χ2v) is 4.38. The van der Waals surface area contributed by atoms with E-state index in [1.807, 2.05) is 0 Å². The Hall–Kier alpha value is -0.610. The minimum absolute atomic E-state index is 0.118.